The molecule has 1 aliphatic heterocycles. The number of anilines is 2. The van der Waals surface area contributed by atoms with E-state index in [4.69, 9.17) is 14.5 Å². The molecule has 2 atom stereocenters. The van der Waals surface area contributed by atoms with Crippen LogP contribution in [0.1, 0.15) is 18.9 Å². The van der Waals surface area contributed by atoms with Crippen molar-refractivity contribution in [3.8, 4) is 22.9 Å². The largest absolute Gasteiger partial charge is 0.437 e. The number of piperidine rings is 1. The summed E-state index contributed by atoms with van der Waals surface area (Å²) in [7, 11) is -2.44. The zero-order valence-corrected chi connectivity index (χ0v) is 24.0. The van der Waals surface area contributed by atoms with Gasteiger partial charge in [-0.2, -0.15) is 0 Å². The number of nitrogens with one attached hydrogen (secondary N) is 3. The minimum absolute atomic E-state index is 0.0193. The monoisotopic (exact) mass is 580 g/mol. The molecule has 0 bridgehead atoms. The molecular weight excluding hydrogens is 547 g/mol. The van der Waals surface area contributed by atoms with E-state index in [1.54, 1.807) is 42.7 Å². The number of rotatable bonds is 10. The third kappa shape index (κ3) is 6.72. The van der Waals surface area contributed by atoms with Gasteiger partial charge in [-0.05, 0) is 61.7 Å². The fraction of sp³-hybridized carbons (Fsp3) is 0.345. The number of benzene rings is 2. The normalized spacial score (nSPS) is 17.4. The molecule has 0 amide bonds. The standard InChI is InChI=1S/C29H33FN6O4S/c1-18-15-20(17-31-16-18)34-29-33-12-10-25(35-29)23-5-4-11-32-28(23)40-27-19(2)6-7-21-22(27)8-9-24(30)26(21)36-41(37,38)14-13-39-3/h4-12,18,20,31,36H,13-17H2,1-3H3,(H,33,34,35)/t18-,20+/m1/s1. The van der Waals surface area contributed by atoms with Crippen molar-refractivity contribution in [1.29, 1.82) is 0 Å². The minimum atomic E-state index is -3.85. The molecule has 2 aromatic carbocycles. The lowest BCUT2D eigenvalue weighted by atomic mass is 9.98. The van der Waals surface area contributed by atoms with Crippen LogP contribution in [0.5, 0.6) is 11.6 Å². The summed E-state index contributed by atoms with van der Waals surface area (Å²) < 4.78 is 53.6. The molecule has 1 aliphatic rings. The Morgan fingerprint density at radius 1 is 1.07 bits per heavy atom. The predicted octanol–water partition coefficient (Wildman–Crippen LogP) is 4.73. The van der Waals surface area contributed by atoms with Crippen LogP contribution in [-0.2, 0) is 14.8 Å². The first-order valence-electron chi connectivity index (χ1n) is 13.4. The number of fused-ring (bicyclic) bond motifs is 1. The summed E-state index contributed by atoms with van der Waals surface area (Å²) >= 11 is 0. The number of hydrogen-bond donors (Lipinski definition) is 3. The van der Waals surface area contributed by atoms with Crippen molar-refractivity contribution in [3.63, 3.8) is 0 Å². The summed E-state index contributed by atoms with van der Waals surface area (Å²) in [5.41, 5.74) is 1.88. The molecule has 216 valence electrons. The van der Waals surface area contributed by atoms with Crippen LogP contribution in [0.3, 0.4) is 0 Å². The van der Waals surface area contributed by atoms with Crippen LogP contribution < -0.4 is 20.1 Å². The Labute approximate surface area is 238 Å². The highest BCUT2D eigenvalue weighted by Crippen LogP contribution is 2.39. The van der Waals surface area contributed by atoms with Crippen molar-refractivity contribution in [2.24, 2.45) is 5.92 Å². The molecule has 2 aromatic heterocycles. The van der Waals surface area contributed by atoms with E-state index in [9.17, 15) is 12.8 Å². The van der Waals surface area contributed by atoms with Crippen molar-refractivity contribution in [2.45, 2.75) is 26.3 Å². The first kappa shape index (κ1) is 28.7. The molecule has 10 nitrogen and oxygen atoms in total. The summed E-state index contributed by atoms with van der Waals surface area (Å²) in [5.74, 6) is 0.789. The Morgan fingerprint density at radius 2 is 1.90 bits per heavy atom. The first-order chi connectivity index (χ1) is 19.7. The Bertz CT molecular complexity index is 1650. The molecule has 41 heavy (non-hydrogen) atoms. The van der Waals surface area contributed by atoms with Crippen molar-refractivity contribution in [3.05, 3.63) is 66.2 Å². The molecule has 12 heteroatoms. The molecule has 5 rings (SSSR count). The number of pyridine rings is 1. The Balaban J connectivity index is 1.48. The molecule has 0 radical (unpaired) electrons. The van der Waals surface area contributed by atoms with E-state index in [-0.39, 0.29) is 24.1 Å². The molecule has 3 heterocycles. The van der Waals surface area contributed by atoms with Crippen molar-refractivity contribution in [2.75, 3.05) is 42.6 Å². The number of ether oxygens (including phenoxy) is 2. The van der Waals surface area contributed by atoms with Gasteiger partial charge in [-0.25, -0.2) is 27.8 Å². The predicted molar refractivity (Wildman–Crippen MR) is 157 cm³/mol. The quantitative estimate of drug-likeness (QED) is 0.244. The summed E-state index contributed by atoms with van der Waals surface area (Å²) in [6.07, 6.45) is 4.33. The van der Waals surface area contributed by atoms with Gasteiger partial charge < -0.3 is 20.1 Å². The molecule has 1 fully saturated rings. The maximum absolute atomic E-state index is 14.9. The van der Waals surface area contributed by atoms with E-state index in [0.29, 0.717) is 45.5 Å². The average molecular weight is 581 g/mol. The zero-order valence-electron chi connectivity index (χ0n) is 23.1. The maximum Gasteiger partial charge on any atom is 0.235 e. The first-order valence-corrected chi connectivity index (χ1v) is 15.0. The van der Waals surface area contributed by atoms with Gasteiger partial charge in [-0.3, -0.25) is 4.72 Å². The average Bonchev–Trinajstić information content (AvgIpc) is 2.95. The summed E-state index contributed by atoms with van der Waals surface area (Å²) in [5, 5.41) is 7.72. The third-order valence-corrected chi connectivity index (χ3v) is 8.14. The second-order valence-corrected chi connectivity index (χ2v) is 12.0. The molecule has 0 saturated carbocycles. The number of nitrogens with zero attached hydrogens (tertiary/aromatic N) is 3. The number of methoxy groups -OCH3 is 1. The minimum Gasteiger partial charge on any atom is -0.437 e. The summed E-state index contributed by atoms with van der Waals surface area (Å²) in [6, 6.07) is 11.8. The van der Waals surface area contributed by atoms with Gasteiger partial charge in [0, 0.05) is 42.9 Å². The number of halogens is 1. The SMILES string of the molecule is COCCS(=O)(=O)Nc1c(F)ccc2c(Oc3ncccc3-c3ccnc(N[C@@H]4CNC[C@H](C)C4)n3)c(C)ccc12. The smallest absolute Gasteiger partial charge is 0.235 e. The fourth-order valence-electron chi connectivity index (χ4n) is 4.89. The topological polar surface area (TPSA) is 127 Å². The molecule has 4 aromatic rings. The summed E-state index contributed by atoms with van der Waals surface area (Å²) in [4.78, 5) is 13.6. The Hall–Kier alpha value is -3.87. The van der Waals surface area contributed by atoms with Gasteiger partial charge in [0.2, 0.25) is 21.9 Å². The second kappa shape index (κ2) is 12.3. The molecular formula is C29H33FN6O4S. The lowest BCUT2D eigenvalue weighted by molar-refractivity contribution is 0.217. The van der Waals surface area contributed by atoms with Crippen LogP contribution in [0.15, 0.2) is 54.9 Å². The van der Waals surface area contributed by atoms with Crippen LogP contribution >= 0.6 is 0 Å². The highest BCUT2D eigenvalue weighted by Gasteiger charge is 2.21. The van der Waals surface area contributed by atoms with Crippen LogP contribution in [0.4, 0.5) is 16.0 Å². The molecule has 3 N–H and O–H groups in total. The number of hydrogen-bond acceptors (Lipinski definition) is 9. The third-order valence-electron chi connectivity index (χ3n) is 6.92. The van der Waals surface area contributed by atoms with Crippen LogP contribution in [0, 0.1) is 18.7 Å². The van der Waals surface area contributed by atoms with E-state index in [1.807, 2.05) is 13.0 Å². The highest BCUT2D eigenvalue weighted by atomic mass is 32.2. The van der Waals surface area contributed by atoms with E-state index < -0.39 is 15.8 Å². The Morgan fingerprint density at radius 3 is 2.71 bits per heavy atom. The van der Waals surface area contributed by atoms with Crippen molar-refractivity contribution in [1.82, 2.24) is 20.3 Å². The van der Waals surface area contributed by atoms with Gasteiger partial charge >= 0.3 is 0 Å². The van der Waals surface area contributed by atoms with Gasteiger partial charge in [0.25, 0.3) is 0 Å². The van der Waals surface area contributed by atoms with Gasteiger partial charge in [-0.15, -0.1) is 0 Å². The van der Waals surface area contributed by atoms with Crippen molar-refractivity contribution >= 4 is 32.4 Å². The second-order valence-electron chi connectivity index (χ2n) is 10.2. The summed E-state index contributed by atoms with van der Waals surface area (Å²) in [6.45, 7) is 5.88. The van der Waals surface area contributed by atoms with E-state index in [0.717, 1.165) is 25.1 Å². The zero-order chi connectivity index (χ0) is 29.0. The van der Waals surface area contributed by atoms with Crippen molar-refractivity contribution < 1.29 is 22.3 Å². The van der Waals surface area contributed by atoms with Crippen LogP contribution in [-0.4, -0.2) is 62.0 Å². The fourth-order valence-corrected chi connectivity index (χ4v) is 5.90. The number of aryl methyl sites for hydroxylation is 1. The van der Waals surface area contributed by atoms with Gasteiger partial charge in [0.05, 0.1) is 29.3 Å². The maximum atomic E-state index is 14.9. The molecule has 0 aliphatic carbocycles. The van der Waals surface area contributed by atoms with E-state index in [1.165, 1.54) is 13.2 Å². The lowest BCUT2D eigenvalue weighted by Crippen LogP contribution is -2.42. The number of aromatic nitrogens is 3. The van der Waals surface area contributed by atoms with Gasteiger partial charge in [0.1, 0.15) is 11.6 Å². The van der Waals surface area contributed by atoms with Crippen LogP contribution in [0.2, 0.25) is 0 Å². The van der Waals surface area contributed by atoms with Crippen LogP contribution in [0.25, 0.3) is 22.0 Å². The lowest BCUT2D eigenvalue weighted by Gasteiger charge is -2.28. The molecule has 1 saturated heterocycles. The van der Waals surface area contributed by atoms with E-state index in [2.05, 4.69) is 32.2 Å². The Kier molecular flexibility index (Phi) is 8.62. The molecule has 0 spiro atoms. The number of sulfonamides is 1. The van der Waals surface area contributed by atoms with Gasteiger partial charge in [0.15, 0.2) is 0 Å². The highest BCUT2D eigenvalue weighted by molar-refractivity contribution is 7.92. The molecule has 0 unspecified atom stereocenters. The van der Waals surface area contributed by atoms with Gasteiger partial charge in [-0.1, -0.05) is 19.1 Å². The van der Waals surface area contributed by atoms with E-state index >= 15 is 0 Å².